The van der Waals surface area contributed by atoms with Crippen molar-refractivity contribution in [2.75, 3.05) is 18.0 Å². The maximum Gasteiger partial charge on any atom is 0.316 e. The van der Waals surface area contributed by atoms with Crippen molar-refractivity contribution in [1.82, 2.24) is 4.90 Å². The van der Waals surface area contributed by atoms with Crippen LogP contribution in [0.1, 0.15) is 16.7 Å². The standard InChI is InChI=1S/C19H19FN2O2/c1-13-9-14(2)11-16(10-13)22-8-7-21(18(23)19(22)24)12-15-5-3-4-6-17(15)20/h3-6,9-11H,7-8,12H2,1-2H3. The molecule has 1 aliphatic heterocycles. The molecular formula is C19H19FN2O2. The van der Waals surface area contributed by atoms with E-state index < -0.39 is 11.8 Å². The van der Waals surface area contributed by atoms with E-state index in [1.54, 1.807) is 18.2 Å². The van der Waals surface area contributed by atoms with Crippen LogP contribution in [0, 0.1) is 19.7 Å². The van der Waals surface area contributed by atoms with Gasteiger partial charge in [0.15, 0.2) is 0 Å². The molecule has 2 amide bonds. The minimum absolute atomic E-state index is 0.109. The number of benzene rings is 2. The molecule has 1 saturated heterocycles. The first-order chi connectivity index (χ1) is 11.5. The zero-order chi connectivity index (χ0) is 17.3. The fraction of sp³-hybridized carbons (Fsp3) is 0.263. The van der Waals surface area contributed by atoms with Crippen LogP contribution in [0.4, 0.5) is 10.1 Å². The number of anilines is 1. The number of piperazine rings is 1. The molecule has 0 atom stereocenters. The van der Waals surface area contributed by atoms with Crippen LogP contribution in [0.2, 0.25) is 0 Å². The number of hydrogen-bond donors (Lipinski definition) is 0. The lowest BCUT2D eigenvalue weighted by molar-refractivity contribution is -0.146. The Morgan fingerprint density at radius 2 is 1.62 bits per heavy atom. The van der Waals surface area contributed by atoms with Crippen LogP contribution in [0.15, 0.2) is 42.5 Å². The quantitative estimate of drug-likeness (QED) is 0.814. The summed E-state index contributed by atoms with van der Waals surface area (Å²) >= 11 is 0. The van der Waals surface area contributed by atoms with Crippen molar-refractivity contribution in [2.45, 2.75) is 20.4 Å². The number of amides is 2. The number of carbonyl (C=O) groups excluding carboxylic acids is 2. The summed E-state index contributed by atoms with van der Waals surface area (Å²) in [6.45, 7) is 4.81. The highest BCUT2D eigenvalue weighted by atomic mass is 19.1. The molecular weight excluding hydrogens is 307 g/mol. The Hall–Kier alpha value is -2.69. The first-order valence-electron chi connectivity index (χ1n) is 7.88. The van der Waals surface area contributed by atoms with E-state index in [-0.39, 0.29) is 12.4 Å². The van der Waals surface area contributed by atoms with Gasteiger partial charge in [-0.15, -0.1) is 0 Å². The van der Waals surface area contributed by atoms with Crippen LogP contribution in [0.3, 0.4) is 0 Å². The summed E-state index contributed by atoms with van der Waals surface area (Å²) in [7, 11) is 0. The summed E-state index contributed by atoms with van der Waals surface area (Å²) in [4.78, 5) is 27.8. The van der Waals surface area contributed by atoms with Crippen LogP contribution >= 0.6 is 0 Å². The molecule has 0 saturated carbocycles. The van der Waals surface area contributed by atoms with Gasteiger partial charge in [-0.3, -0.25) is 9.59 Å². The summed E-state index contributed by atoms with van der Waals surface area (Å²) in [5.74, 6) is -1.53. The fourth-order valence-electron chi connectivity index (χ4n) is 3.01. The molecule has 1 heterocycles. The van der Waals surface area contributed by atoms with Gasteiger partial charge >= 0.3 is 11.8 Å². The Bertz CT molecular complexity index is 783. The minimum Gasteiger partial charge on any atom is -0.328 e. The van der Waals surface area contributed by atoms with Gasteiger partial charge in [0, 0.05) is 30.9 Å². The topological polar surface area (TPSA) is 40.6 Å². The number of halogens is 1. The lowest BCUT2D eigenvalue weighted by Crippen LogP contribution is -2.54. The third kappa shape index (κ3) is 3.15. The molecule has 124 valence electrons. The Morgan fingerprint density at radius 3 is 2.29 bits per heavy atom. The third-order valence-corrected chi connectivity index (χ3v) is 4.15. The second-order valence-corrected chi connectivity index (χ2v) is 6.12. The van der Waals surface area contributed by atoms with E-state index in [2.05, 4.69) is 0 Å². The van der Waals surface area contributed by atoms with Crippen LogP contribution in [-0.2, 0) is 16.1 Å². The average Bonchev–Trinajstić information content (AvgIpc) is 2.53. The van der Waals surface area contributed by atoms with Crippen molar-refractivity contribution in [3.05, 3.63) is 65.0 Å². The van der Waals surface area contributed by atoms with Gasteiger partial charge < -0.3 is 9.80 Å². The van der Waals surface area contributed by atoms with Crippen LogP contribution in [0.5, 0.6) is 0 Å². The van der Waals surface area contributed by atoms with Gasteiger partial charge in [-0.05, 0) is 43.2 Å². The molecule has 0 N–H and O–H groups in total. The molecule has 2 aromatic rings. The van der Waals surface area contributed by atoms with Crippen molar-refractivity contribution < 1.29 is 14.0 Å². The summed E-state index contributed by atoms with van der Waals surface area (Å²) in [6.07, 6.45) is 0. The normalized spacial score (nSPS) is 15.1. The van der Waals surface area contributed by atoms with E-state index in [1.807, 2.05) is 32.0 Å². The largest absolute Gasteiger partial charge is 0.328 e. The molecule has 0 unspecified atom stereocenters. The van der Waals surface area contributed by atoms with Gasteiger partial charge in [0.05, 0.1) is 0 Å². The highest BCUT2D eigenvalue weighted by molar-refractivity contribution is 6.40. The van der Waals surface area contributed by atoms with E-state index in [1.165, 1.54) is 15.9 Å². The van der Waals surface area contributed by atoms with Gasteiger partial charge in [0.25, 0.3) is 0 Å². The maximum atomic E-state index is 13.8. The maximum absolute atomic E-state index is 13.8. The second kappa shape index (κ2) is 6.43. The van der Waals surface area contributed by atoms with Crippen LogP contribution in [-0.4, -0.2) is 29.8 Å². The lowest BCUT2D eigenvalue weighted by atomic mass is 10.1. The van der Waals surface area contributed by atoms with E-state index in [0.717, 1.165) is 16.8 Å². The van der Waals surface area contributed by atoms with Crippen molar-refractivity contribution >= 4 is 17.5 Å². The molecule has 1 aliphatic rings. The molecule has 0 radical (unpaired) electrons. The molecule has 0 spiro atoms. The molecule has 0 aromatic heterocycles. The van der Waals surface area contributed by atoms with Gasteiger partial charge in [0.2, 0.25) is 0 Å². The SMILES string of the molecule is Cc1cc(C)cc(N2CCN(Cc3ccccc3F)C(=O)C2=O)c1. The summed E-state index contributed by atoms with van der Waals surface area (Å²) in [5, 5.41) is 0. The summed E-state index contributed by atoms with van der Waals surface area (Å²) < 4.78 is 13.8. The number of nitrogens with zero attached hydrogens (tertiary/aromatic N) is 2. The minimum atomic E-state index is -0.594. The predicted molar refractivity (Wildman–Crippen MR) is 90.1 cm³/mol. The van der Waals surface area contributed by atoms with Gasteiger partial charge in [0.1, 0.15) is 5.82 Å². The van der Waals surface area contributed by atoms with E-state index in [4.69, 9.17) is 0 Å². The van der Waals surface area contributed by atoms with Crippen molar-refractivity contribution in [3.8, 4) is 0 Å². The number of rotatable bonds is 3. The molecule has 2 aromatic carbocycles. The molecule has 0 bridgehead atoms. The van der Waals surface area contributed by atoms with Gasteiger partial charge in [-0.1, -0.05) is 24.3 Å². The van der Waals surface area contributed by atoms with E-state index in [0.29, 0.717) is 18.7 Å². The van der Waals surface area contributed by atoms with Gasteiger partial charge in [-0.25, -0.2) is 4.39 Å². The molecule has 3 rings (SSSR count). The molecule has 4 nitrogen and oxygen atoms in total. The first kappa shape index (κ1) is 16.2. The Kier molecular flexibility index (Phi) is 4.34. The Balaban J connectivity index is 1.79. The fourth-order valence-corrected chi connectivity index (χ4v) is 3.01. The smallest absolute Gasteiger partial charge is 0.316 e. The highest BCUT2D eigenvalue weighted by Gasteiger charge is 2.33. The third-order valence-electron chi connectivity index (χ3n) is 4.15. The van der Waals surface area contributed by atoms with E-state index in [9.17, 15) is 14.0 Å². The number of hydrogen-bond acceptors (Lipinski definition) is 2. The lowest BCUT2D eigenvalue weighted by Gasteiger charge is -2.34. The molecule has 1 fully saturated rings. The first-order valence-corrected chi connectivity index (χ1v) is 7.88. The van der Waals surface area contributed by atoms with Crippen molar-refractivity contribution in [1.29, 1.82) is 0 Å². The van der Waals surface area contributed by atoms with Crippen LogP contribution < -0.4 is 4.90 Å². The predicted octanol–water partition coefficient (Wildman–Crippen LogP) is 2.82. The summed E-state index contributed by atoms with van der Waals surface area (Å²) in [6, 6.07) is 12.1. The Labute approximate surface area is 140 Å². The monoisotopic (exact) mass is 326 g/mol. The second-order valence-electron chi connectivity index (χ2n) is 6.12. The highest BCUT2D eigenvalue weighted by Crippen LogP contribution is 2.22. The van der Waals surface area contributed by atoms with E-state index >= 15 is 0 Å². The van der Waals surface area contributed by atoms with Gasteiger partial charge in [-0.2, -0.15) is 0 Å². The zero-order valence-corrected chi connectivity index (χ0v) is 13.8. The van der Waals surface area contributed by atoms with Crippen LogP contribution in [0.25, 0.3) is 0 Å². The molecule has 24 heavy (non-hydrogen) atoms. The number of aryl methyl sites for hydroxylation is 2. The summed E-state index contributed by atoms with van der Waals surface area (Å²) in [5.41, 5.74) is 3.23. The zero-order valence-electron chi connectivity index (χ0n) is 13.8. The average molecular weight is 326 g/mol. The van der Waals surface area contributed by atoms with Crippen molar-refractivity contribution in [3.63, 3.8) is 0 Å². The molecule has 5 heteroatoms. The number of carbonyl (C=O) groups is 2. The molecule has 0 aliphatic carbocycles. The Morgan fingerprint density at radius 1 is 0.958 bits per heavy atom. The van der Waals surface area contributed by atoms with Crippen molar-refractivity contribution in [2.24, 2.45) is 0 Å².